The van der Waals surface area contributed by atoms with Crippen LogP contribution >= 0.6 is 0 Å². The van der Waals surface area contributed by atoms with Crippen molar-refractivity contribution in [3.63, 3.8) is 0 Å². The van der Waals surface area contributed by atoms with Gasteiger partial charge in [0, 0.05) is 0 Å². The summed E-state index contributed by atoms with van der Waals surface area (Å²) >= 11 is 0. The fourth-order valence-corrected chi connectivity index (χ4v) is 11.6. The van der Waals surface area contributed by atoms with E-state index in [0.717, 1.165) is 0 Å². The van der Waals surface area contributed by atoms with E-state index < -0.39 is 0 Å². The number of hydrogen-bond donors (Lipinski definition) is 0. The van der Waals surface area contributed by atoms with Gasteiger partial charge in [0.1, 0.15) is 0 Å². The molecule has 0 spiro atoms. The van der Waals surface area contributed by atoms with E-state index in [1.807, 2.05) is 0 Å². The Morgan fingerprint density at radius 1 is 0.157 bits per heavy atom. The summed E-state index contributed by atoms with van der Waals surface area (Å²) in [6.45, 7) is 0. The normalized spacial score (nSPS) is 11.7. The zero-order valence-corrected chi connectivity index (χ0v) is 38.4. The number of hydrogen-bond acceptors (Lipinski definition) is 0. The lowest BCUT2D eigenvalue weighted by atomic mass is 9.83. The summed E-state index contributed by atoms with van der Waals surface area (Å²) in [5.74, 6) is 0. The van der Waals surface area contributed by atoms with Gasteiger partial charge in [-0.25, -0.2) is 0 Å². The van der Waals surface area contributed by atoms with Gasteiger partial charge in [0.25, 0.3) is 0 Å². The largest absolute Gasteiger partial charge is 0.0622 e. The van der Waals surface area contributed by atoms with E-state index in [-0.39, 0.29) is 0 Å². The van der Waals surface area contributed by atoms with Crippen LogP contribution in [0.2, 0.25) is 0 Å². The third-order valence-corrected chi connectivity index (χ3v) is 14.8. The molecule has 0 saturated heterocycles. The maximum atomic E-state index is 2.41. The molecule has 0 unspecified atom stereocenters. The molecule has 0 radical (unpaired) electrons. The number of rotatable bonds is 6. The molecule has 324 valence electrons. The van der Waals surface area contributed by atoms with Crippen molar-refractivity contribution in [3.05, 3.63) is 267 Å². The summed E-state index contributed by atoms with van der Waals surface area (Å²) in [5.41, 5.74) is 14.6. The molecule has 14 rings (SSSR count). The summed E-state index contributed by atoms with van der Waals surface area (Å²) in [5, 5.41) is 17.7. The molecule has 0 fully saturated rings. The first-order chi connectivity index (χ1) is 34.7. The van der Waals surface area contributed by atoms with E-state index in [9.17, 15) is 0 Å². The van der Waals surface area contributed by atoms with Crippen molar-refractivity contribution in [2.45, 2.75) is 0 Å². The fraction of sp³-hybridized carbons (Fsp3) is 0. The van der Waals surface area contributed by atoms with Crippen molar-refractivity contribution in [1.29, 1.82) is 0 Å². The van der Waals surface area contributed by atoms with Crippen LogP contribution in [-0.4, -0.2) is 0 Å². The molecule has 0 heteroatoms. The summed E-state index contributed by atoms with van der Waals surface area (Å²) in [7, 11) is 0. The van der Waals surface area contributed by atoms with E-state index in [1.54, 1.807) is 0 Å². The van der Waals surface area contributed by atoms with Gasteiger partial charge < -0.3 is 0 Å². The lowest BCUT2D eigenvalue weighted by molar-refractivity contribution is 1.58. The third kappa shape index (κ3) is 6.45. The maximum absolute atomic E-state index is 2.41. The second kappa shape index (κ2) is 16.3. The van der Waals surface area contributed by atoms with Crippen LogP contribution in [0, 0.1) is 0 Å². The highest BCUT2D eigenvalue weighted by Crippen LogP contribution is 2.48. The van der Waals surface area contributed by atoms with Crippen LogP contribution in [0.3, 0.4) is 0 Å². The molecule has 0 saturated carbocycles. The van der Waals surface area contributed by atoms with Gasteiger partial charge in [-0.05, 0) is 166 Å². The molecule has 14 aromatic carbocycles. The van der Waals surface area contributed by atoms with Gasteiger partial charge in [-0.3, -0.25) is 0 Å². The van der Waals surface area contributed by atoms with Crippen LogP contribution in [0.4, 0.5) is 0 Å². The van der Waals surface area contributed by atoms with Gasteiger partial charge in [0.15, 0.2) is 0 Å². The quantitative estimate of drug-likeness (QED) is 0.146. The fourth-order valence-electron chi connectivity index (χ4n) is 11.6. The molecule has 0 heterocycles. The van der Waals surface area contributed by atoms with Crippen molar-refractivity contribution in [1.82, 2.24) is 0 Å². The molecular weight excluding hydrogens is 841 g/mol. The smallest absolute Gasteiger partial charge is 0.00204 e. The van der Waals surface area contributed by atoms with Crippen LogP contribution < -0.4 is 0 Å². The Morgan fingerprint density at radius 2 is 0.486 bits per heavy atom. The molecule has 0 N–H and O–H groups in total. The van der Waals surface area contributed by atoms with Crippen molar-refractivity contribution >= 4 is 75.4 Å². The minimum atomic E-state index is 1.19. The van der Waals surface area contributed by atoms with Gasteiger partial charge in [0.2, 0.25) is 0 Å². The predicted molar refractivity (Wildman–Crippen MR) is 302 cm³/mol. The predicted octanol–water partition coefficient (Wildman–Crippen LogP) is 19.8. The Bertz CT molecular complexity index is 4100. The summed E-state index contributed by atoms with van der Waals surface area (Å²) in [6.07, 6.45) is 0. The zero-order chi connectivity index (χ0) is 46.1. The summed E-state index contributed by atoms with van der Waals surface area (Å²) < 4.78 is 0. The average Bonchev–Trinajstić information content (AvgIpc) is 3.44. The number of fused-ring (bicyclic) bond motifs is 11. The maximum Gasteiger partial charge on any atom is -0.00204 e. The van der Waals surface area contributed by atoms with Gasteiger partial charge in [-0.1, -0.05) is 243 Å². The van der Waals surface area contributed by atoms with Crippen molar-refractivity contribution in [2.75, 3.05) is 0 Å². The molecule has 0 aliphatic heterocycles. The second-order valence-electron chi connectivity index (χ2n) is 18.7. The van der Waals surface area contributed by atoms with Crippen LogP contribution in [0.5, 0.6) is 0 Å². The van der Waals surface area contributed by atoms with Gasteiger partial charge in [-0.15, -0.1) is 0 Å². The second-order valence-corrected chi connectivity index (χ2v) is 18.7. The Morgan fingerprint density at radius 3 is 0.914 bits per heavy atom. The van der Waals surface area contributed by atoms with Crippen molar-refractivity contribution < 1.29 is 0 Å². The van der Waals surface area contributed by atoms with E-state index in [1.165, 1.54) is 142 Å². The lowest BCUT2D eigenvalue weighted by Crippen LogP contribution is -1.94. The summed E-state index contributed by atoms with van der Waals surface area (Å²) in [4.78, 5) is 0. The molecule has 0 aliphatic rings. The molecular formula is C70H44. The molecule has 0 aliphatic carbocycles. The standard InChI is InChI=1S/C70H44/c1-3-19-47(20-4-1)67-59(49-25-15-27-51(41-49)65-43-53-23-9-11-29-55(53)61-35-33-45-17-7-13-31-57(45)69(61)65)37-40-64-63(67)39-38-60(68(64)48-21-5-2-6-22-48)50-26-16-28-52(42-50)66-44-54-24-10-12-30-56(54)62-36-34-46-18-8-14-32-58(46)70(62)66/h1-44H. The molecule has 0 amide bonds. The van der Waals surface area contributed by atoms with Gasteiger partial charge >= 0.3 is 0 Å². The highest BCUT2D eigenvalue weighted by molar-refractivity contribution is 6.25. The van der Waals surface area contributed by atoms with Gasteiger partial charge in [-0.2, -0.15) is 0 Å². The Hall–Kier alpha value is -9.10. The average molecular weight is 885 g/mol. The SMILES string of the molecule is c1ccc(-c2c(-c3cccc(-c4cc5ccccc5c5ccc6ccccc6c45)c3)ccc3c(-c4ccccc4)c(-c4cccc(-c5cc6ccccc6c6ccc7ccccc7c56)c4)ccc23)cc1. The van der Waals surface area contributed by atoms with Crippen LogP contribution in [-0.2, 0) is 0 Å². The first-order valence-electron chi connectivity index (χ1n) is 24.3. The van der Waals surface area contributed by atoms with E-state index in [4.69, 9.17) is 0 Å². The topological polar surface area (TPSA) is 0 Å². The van der Waals surface area contributed by atoms with Crippen LogP contribution in [0.25, 0.3) is 142 Å². The van der Waals surface area contributed by atoms with E-state index in [0.29, 0.717) is 0 Å². The molecule has 0 nitrogen and oxygen atoms in total. The Labute approximate surface area is 407 Å². The van der Waals surface area contributed by atoms with Crippen molar-refractivity contribution in [2.24, 2.45) is 0 Å². The Kier molecular flexibility index (Phi) is 9.32. The molecule has 0 atom stereocenters. The Balaban J connectivity index is 0.988. The highest BCUT2D eigenvalue weighted by Gasteiger charge is 2.21. The molecule has 0 aromatic heterocycles. The van der Waals surface area contributed by atoms with Crippen LogP contribution in [0.15, 0.2) is 267 Å². The third-order valence-electron chi connectivity index (χ3n) is 14.8. The van der Waals surface area contributed by atoms with E-state index >= 15 is 0 Å². The molecule has 70 heavy (non-hydrogen) atoms. The van der Waals surface area contributed by atoms with Crippen molar-refractivity contribution in [3.8, 4) is 66.8 Å². The minimum Gasteiger partial charge on any atom is -0.0622 e. The first-order valence-corrected chi connectivity index (χ1v) is 24.3. The minimum absolute atomic E-state index is 1.19. The van der Waals surface area contributed by atoms with Gasteiger partial charge in [0.05, 0.1) is 0 Å². The first kappa shape index (κ1) is 40.0. The molecule has 0 bridgehead atoms. The highest BCUT2D eigenvalue weighted by atomic mass is 14.2. The number of benzene rings is 14. The lowest BCUT2D eigenvalue weighted by Gasteiger charge is -2.20. The zero-order valence-electron chi connectivity index (χ0n) is 38.4. The van der Waals surface area contributed by atoms with Crippen LogP contribution in [0.1, 0.15) is 0 Å². The molecule has 14 aromatic rings. The summed E-state index contributed by atoms with van der Waals surface area (Å²) in [6, 6.07) is 99.1. The monoisotopic (exact) mass is 884 g/mol. The van der Waals surface area contributed by atoms with E-state index in [2.05, 4.69) is 267 Å².